The molecule has 0 bridgehead atoms. The van der Waals surface area contributed by atoms with Crippen LogP contribution in [0.5, 0.6) is 0 Å². The summed E-state index contributed by atoms with van der Waals surface area (Å²) in [6.45, 7) is 5.64. The number of nitrogens with zero attached hydrogens (tertiary/aromatic N) is 2. The van der Waals surface area contributed by atoms with Crippen molar-refractivity contribution in [2.24, 2.45) is 5.92 Å². The molecule has 0 aliphatic heterocycles. The Labute approximate surface area is 134 Å². The average Bonchev–Trinajstić information content (AvgIpc) is 2.52. The van der Waals surface area contributed by atoms with E-state index in [4.69, 9.17) is 0 Å². The molecule has 2 rings (SSSR count). The quantitative estimate of drug-likeness (QED) is 0.439. The second-order valence-corrected chi connectivity index (χ2v) is 5.20. The molecule has 0 unspecified atom stereocenters. The molecular formula is C16H21BF4N2. The van der Waals surface area contributed by atoms with Crippen LogP contribution >= 0.6 is 0 Å². The number of aromatic nitrogens is 2. The second kappa shape index (κ2) is 9.27. The summed E-state index contributed by atoms with van der Waals surface area (Å²) in [5.74, 6) is 0.779. The first-order chi connectivity index (χ1) is 10.8. The lowest BCUT2D eigenvalue weighted by Gasteiger charge is -2.08. The first-order valence-corrected chi connectivity index (χ1v) is 7.60. The summed E-state index contributed by atoms with van der Waals surface area (Å²) in [4.78, 5) is 4.04. The lowest BCUT2D eigenvalue weighted by Crippen LogP contribution is -2.36. The number of hydrogen-bond acceptors (Lipinski definition) is 1. The van der Waals surface area contributed by atoms with Gasteiger partial charge in [0, 0.05) is 30.4 Å². The molecule has 126 valence electrons. The fourth-order valence-corrected chi connectivity index (χ4v) is 2.16. The number of halogens is 4. The Hall–Kier alpha value is -1.92. The molecule has 2 nitrogen and oxygen atoms in total. The molecular weight excluding hydrogens is 307 g/mol. The number of hydrogen-bond donors (Lipinski definition) is 0. The zero-order valence-corrected chi connectivity index (χ0v) is 13.3. The summed E-state index contributed by atoms with van der Waals surface area (Å²) < 4.78 is 41.3. The normalized spacial score (nSPS) is 11.1. The molecule has 0 saturated carbocycles. The highest BCUT2D eigenvalue weighted by molar-refractivity contribution is 6.50. The molecule has 0 saturated heterocycles. The fourth-order valence-electron chi connectivity index (χ4n) is 2.16. The Balaban J connectivity index is 0.000000463. The predicted octanol–water partition coefficient (Wildman–Crippen LogP) is 4.77. The minimum Gasteiger partial charge on any atom is -0.418 e. The Kier molecular flexibility index (Phi) is 7.72. The van der Waals surface area contributed by atoms with Crippen LogP contribution in [0.4, 0.5) is 17.3 Å². The number of pyridine rings is 2. The fraction of sp³-hybridized carbons (Fsp3) is 0.375. The van der Waals surface area contributed by atoms with Crippen molar-refractivity contribution in [2.45, 2.75) is 33.2 Å². The molecule has 0 aliphatic carbocycles. The summed E-state index contributed by atoms with van der Waals surface area (Å²) in [6, 6.07) is 8.44. The molecule has 0 N–H and O–H groups in total. The Morgan fingerprint density at radius 2 is 1.35 bits per heavy atom. The highest BCUT2D eigenvalue weighted by Crippen LogP contribution is 2.16. The maximum Gasteiger partial charge on any atom is 0.673 e. The van der Waals surface area contributed by atoms with E-state index in [0.29, 0.717) is 0 Å². The molecule has 2 aromatic rings. The third kappa shape index (κ3) is 8.33. The van der Waals surface area contributed by atoms with Crippen LogP contribution in [0.2, 0.25) is 0 Å². The highest BCUT2D eigenvalue weighted by Gasteiger charge is 2.20. The summed E-state index contributed by atoms with van der Waals surface area (Å²) in [5, 5.41) is 0. The van der Waals surface area contributed by atoms with Crippen molar-refractivity contribution >= 4 is 7.25 Å². The lowest BCUT2D eigenvalue weighted by atomic mass is 10.0. The first kappa shape index (κ1) is 19.1. The first-order valence-electron chi connectivity index (χ1n) is 7.60. The third-order valence-electron chi connectivity index (χ3n) is 3.53. The summed E-state index contributed by atoms with van der Waals surface area (Å²) in [5.41, 5.74) is 2.47. The maximum absolute atomic E-state index is 9.75. The van der Waals surface area contributed by atoms with Crippen LogP contribution in [0.15, 0.2) is 49.1 Å². The van der Waals surface area contributed by atoms with Gasteiger partial charge in [0.1, 0.15) is 0 Å². The summed E-state index contributed by atoms with van der Waals surface area (Å²) in [7, 11) is -6.00. The van der Waals surface area contributed by atoms with E-state index >= 15 is 0 Å². The van der Waals surface area contributed by atoms with E-state index in [1.165, 1.54) is 24.0 Å². The topological polar surface area (TPSA) is 16.8 Å². The van der Waals surface area contributed by atoms with E-state index in [0.717, 1.165) is 12.5 Å². The van der Waals surface area contributed by atoms with Crippen LogP contribution in [-0.2, 0) is 6.54 Å². The zero-order valence-electron chi connectivity index (χ0n) is 13.3. The second-order valence-electron chi connectivity index (χ2n) is 5.20. The summed E-state index contributed by atoms with van der Waals surface area (Å²) >= 11 is 0. The molecule has 7 heteroatoms. The van der Waals surface area contributed by atoms with Gasteiger partial charge in [0.15, 0.2) is 18.9 Å². The van der Waals surface area contributed by atoms with Crippen LogP contribution in [-0.4, -0.2) is 12.2 Å². The van der Waals surface area contributed by atoms with E-state index in [9.17, 15) is 17.3 Å². The van der Waals surface area contributed by atoms with Gasteiger partial charge in [0.05, 0.1) is 0 Å². The minimum absolute atomic E-state index is 0.779. The van der Waals surface area contributed by atoms with E-state index in [1.54, 1.807) is 0 Å². The molecule has 0 spiro atoms. The van der Waals surface area contributed by atoms with Gasteiger partial charge in [-0.05, 0) is 36.1 Å². The van der Waals surface area contributed by atoms with Crippen LogP contribution in [0.3, 0.4) is 0 Å². The van der Waals surface area contributed by atoms with Crippen LogP contribution in [0, 0.1) is 5.92 Å². The largest absolute Gasteiger partial charge is 0.673 e. The predicted molar refractivity (Wildman–Crippen MR) is 84.1 cm³/mol. The third-order valence-corrected chi connectivity index (χ3v) is 3.53. The molecule has 2 heterocycles. The highest BCUT2D eigenvalue weighted by atomic mass is 19.5. The Morgan fingerprint density at radius 1 is 0.913 bits per heavy atom. The molecule has 0 aromatic carbocycles. The Morgan fingerprint density at radius 3 is 1.78 bits per heavy atom. The van der Waals surface area contributed by atoms with E-state index in [-0.39, 0.29) is 0 Å². The lowest BCUT2D eigenvalue weighted by molar-refractivity contribution is -0.703. The van der Waals surface area contributed by atoms with Crippen molar-refractivity contribution < 1.29 is 21.8 Å². The van der Waals surface area contributed by atoms with Gasteiger partial charge in [-0.3, -0.25) is 4.98 Å². The van der Waals surface area contributed by atoms with E-state index in [2.05, 4.69) is 47.9 Å². The molecule has 0 aliphatic rings. The van der Waals surface area contributed by atoms with Crippen LogP contribution in [0.1, 0.15) is 26.7 Å². The molecule has 23 heavy (non-hydrogen) atoms. The van der Waals surface area contributed by atoms with E-state index < -0.39 is 7.25 Å². The average molecular weight is 328 g/mol. The van der Waals surface area contributed by atoms with Gasteiger partial charge in [0.2, 0.25) is 0 Å². The minimum atomic E-state index is -6.00. The van der Waals surface area contributed by atoms with Crippen molar-refractivity contribution in [3.8, 4) is 11.1 Å². The van der Waals surface area contributed by atoms with Crippen LogP contribution < -0.4 is 4.57 Å². The van der Waals surface area contributed by atoms with Crippen molar-refractivity contribution in [2.75, 3.05) is 0 Å². The standard InChI is InChI=1S/C16H21N2.BF4/c1-3-14(4-2)13-18-11-7-16(8-12-18)15-5-9-17-10-6-15;2-1(3,4)5/h5-12,14H,3-4,13H2,1-2H3;/q+1;-1. The van der Waals surface area contributed by atoms with E-state index in [1.807, 2.05) is 24.5 Å². The maximum atomic E-state index is 9.75. The SMILES string of the molecule is CCC(CC)C[n+]1ccc(-c2ccncc2)cc1.F[B-](F)(F)F. The summed E-state index contributed by atoms with van der Waals surface area (Å²) in [6.07, 6.45) is 10.5. The van der Waals surface area contributed by atoms with Gasteiger partial charge in [-0.1, -0.05) is 13.8 Å². The van der Waals surface area contributed by atoms with Crippen molar-refractivity contribution in [1.29, 1.82) is 0 Å². The van der Waals surface area contributed by atoms with Crippen molar-refractivity contribution in [1.82, 2.24) is 4.98 Å². The van der Waals surface area contributed by atoms with Gasteiger partial charge in [-0.2, -0.15) is 0 Å². The van der Waals surface area contributed by atoms with Crippen molar-refractivity contribution in [3.63, 3.8) is 0 Å². The van der Waals surface area contributed by atoms with Gasteiger partial charge >= 0.3 is 7.25 Å². The van der Waals surface area contributed by atoms with Crippen LogP contribution in [0.25, 0.3) is 11.1 Å². The zero-order chi connectivity index (χ0) is 17.3. The molecule has 0 radical (unpaired) electrons. The smallest absolute Gasteiger partial charge is 0.418 e. The molecule has 0 amide bonds. The van der Waals surface area contributed by atoms with Gasteiger partial charge in [-0.25, -0.2) is 4.57 Å². The molecule has 0 fully saturated rings. The van der Waals surface area contributed by atoms with Crippen molar-refractivity contribution in [3.05, 3.63) is 49.1 Å². The van der Waals surface area contributed by atoms with Gasteiger partial charge in [0.25, 0.3) is 0 Å². The number of rotatable bonds is 5. The molecule has 2 aromatic heterocycles. The molecule has 0 atom stereocenters. The Bertz CT molecular complexity index is 549. The van der Waals surface area contributed by atoms with Gasteiger partial charge < -0.3 is 17.3 Å². The van der Waals surface area contributed by atoms with Gasteiger partial charge in [-0.15, -0.1) is 0 Å². The monoisotopic (exact) mass is 328 g/mol.